The van der Waals surface area contributed by atoms with Gasteiger partial charge in [0.05, 0.1) is 14.2 Å². The van der Waals surface area contributed by atoms with Gasteiger partial charge in [0.2, 0.25) is 0 Å². The van der Waals surface area contributed by atoms with Gasteiger partial charge in [0.15, 0.2) is 18.1 Å². The smallest absolute Gasteiger partial charge is 0.328 e. The van der Waals surface area contributed by atoms with Gasteiger partial charge in [0, 0.05) is 6.42 Å². The number of hydrogen-bond acceptors (Lipinski definition) is 5. The number of carbonyl (C=O) groups is 2. The van der Waals surface area contributed by atoms with Gasteiger partial charge in [-0.15, -0.1) is 0 Å². The minimum atomic E-state index is -0.777. The van der Waals surface area contributed by atoms with Crippen LogP contribution in [0.15, 0.2) is 54.6 Å². The van der Waals surface area contributed by atoms with Crippen LogP contribution in [-0.4, -0.2) is 38.7 Å². The van der Waals surface area contributed by atoms with E-state index in [9.17, 15) is 9.59 Å². The lowest BCUT2D eigenvalue weighted by atomic mass is 10.1. The molecular formula is C19H21NO5. The van der Waals surface area contributed by atoms with E-state index in [1.807, 2.05) is 30.3 Å². The molecule has 25 heavy (non-hydrogen) atoms. The summed E-state index contributed by atoms with van der Waals surface area (Å²) in [6.45, 7) is -0.233. The fourth-order valence-electron chi connectivity index (χ4n) is 2.30. The highest BCUT2D eigenvalue weighted by Crippen LogP contribution is 2.25. The molecule has 0 aliphatic heterocycles. The van der Waals surface area contributed by atoms with Gasteiger partial charge < -0.3 is 19.5 Å². The minimum Gasteiger partial charge on any atom is -0.493 e. The van der Waals surface area contributed by atoms with Gasteiger partial charge in [0.1, 0.15) is 6.04 Å². The largest absolute Gasteiger partial charge is 0.493 e. The number of nitrogens with one attached hydrogen (secondary N) is 1. The fraction of sp³-hybridized carbons (Fsp3) is 0.263. The average Bonchev–Trinajstić information content (AvgIpc) is 2.66. The molecule has 0 radical (unpaired) electrons. The van der Waals surface area contributed by atoms with Crippen molar-refractivity contribution in [3.63, 3.8) is 0 Å². The maximum atomic E-state index is 12.2. The van der Waals surface area contributed by atoms with Gasteiger partial charge in [-0.3, -0.25) is 4.79 Å². The first-order valence-corrected chi connectivity index (χ1v) is 7.81. The van der Waals surface area contributed by atoms with Crippen LogP contribution in [0.1, 0.15) is 5.56 Å². The maximum Gasteiger partial charge on any atom is 0.328 e. The third kappa shape index (κ3) is 5.53. The molecule has 1 atom stereocenters. The predicted molar refractivity (Wildman–Crippen MR) is 92.6 cm³/mol. The summed E-state index contributed by atoms with van der Waals surface area (Å²) >= 11 is 0. The van der Waals surface area contributed by atoms with Crippen LogP contribution >= 0.6 is 0 Å². The molecule has 2 aromatic rings. The van der Waals surface area contributed by atoms with Crippen LogP contribution < -0.4 is 14.8 Å². The van der Waals surface area contributed by atoms with Crippen LogP contribution in [0.25, 0.3) is 0 Å². The summed E-state index contributed by atoms with van der Waals surface area (Å²) in [5.74, 6) is 0.0636. The zero-order valence-corrected chi connectivity index (χ0v) is 14.2. The topological polar surface area (TPSA) is 73.9 Å². The fourth-order valence-corrected chi connectivity index (χ4v) is 2.30. The van der Waals surface area contributed by atoms with Crippen molar-refractivity contribution in [3.8, 4) is 11.5 Å². The first-order valence-electron chi connectivity index (χ1n) is 7.81. The molecule has 0 fully saturated rings. The van der Waals surface area contributed by atoms with Gasteiger partial charge in [-0.05, 0) is 17.7 Å². The highest BCUT2D eigenvalue weighted by Gasteiger charge is 2.22. The van der Waals surface area contributed by atoms with E-state index in [2.05, 4.69) is 5.32 Å². The van der Waals surface area contributed by atoms with E-state index in [-0.39, 0.29) is 6.61 Å². The Morgan fingerprint density at radius 1 is 0.960 bits per heavy atom. The molecule has 1 N–H and O–H groups in total. The van der Waals surface area contributed by atoms with E-state index in [0.29, 0.717) is 17.9 Å². The van der Waals surface area contributed by atoms with Crippen LogP contribution in [0.3, 0.4) is 0 Å². The van der Waals surface area contributed by atoms with Crippen molar-refractivity contribution in [1.82, 2.24) is 5.32 Å². The minimum absolute atomic E-state index is 0.233. The highest BCUT2D eigenvalue weighted by atomic mass is 16.5. The Bertz CT molecular complexity index is 702. The quantitative estimate of drug-likeness (QED) is 0.742. The van der Waals surface area contributed by atoms with E-state index >= 15 is 0 Å². The third-order valence-electron chi connectivity index (χ3n) is 3.53. The molecule has 0 heterocycles. The Labute approximate surface area is 146 Å². The van der Waals surface area contributed by atoms with Crippen molar-refractivity contribution in [3.05, 3.63) is 60.2 Å². The molecule has 0 aliphatic carbocycles. The molecule has 6 nitrogen and oxygen atoms in total. The van der Waals surface area contributed by atoms with Crippen molar-refractivity contribution in [2.45, 2.75) is 12.5 Å². The zero-order chi connectivity index (χ0) is 18.1. The zero-order valence-electron chi connectivity index (χ0n) is 14.2. The van der Waals surface area contributed by atoms with E-state index in [0.717, 1.165) is 5.56 Å². The van der Waals surface area contributed by atoms with Gasteiger partial charge in [0.25, 0.3) is 5.91 Å². The summed E-state index contributed by atoms with van der Waals surface area (Å²) < 4.78 is 15.4. The molecule has 0 spiro atoms. The number of para-hydroxylation sites is 2. The molecule has 0 saturated carbocycles. The number of rotatable bonds is 8. The molecule has 0 aromatic heterocycles. The molecule has 2 aromatic carbocycles. The molecule has 0 aliphatic rings. The second kappa shape index (κ2) is 9.32. The summed E-state index contributed by atoms with van der Waals surface area (Å²) in [5.41, 5.74) is 0.920. The lowest BCUT2D eigenvalue weighted by Crippen LogP contribution is -2.44. The van der Waals surface area contributed by atoms with Crippen LogP contribution in [0, 0.1) is 0 Å². The molecule has 1 unspecified atom stereocenters. The molecule has 0 saturated heterocycles. The first-order chi connectivity index (χ1) is 12.1. The standard InChI is InChI=1S/C19H21NO5/c1-23-16-10-6-7-11-17(16)25-13-18(21)20-15(19(22)24-2)12-14-8-4-3-5-9-14/h3-11,15H,12-13H2,1-2H3,(H,20,21). The number of carbonyl (C=O) groups excluding carboxylic acids is 2. The molecule has 2 rings (SSSR count). The van der Waals surface area contributed by atoms with E-state index in [4.69, 9.17) is 14.2 Å². The number of benzene rings is 2. The summed E-state index contributed by atoms with van der Waals surface area (Å²) in [5, 5.41) is 2.64. The van der Waals surface area contributed by atoms with E-state index < -0.39 is 17.9 Å². The van der Waals surface area contributed by atoms with Crippen LogP contribution in [-0.2, 0) is 20.7 Å². The molecule has 6 heteroatoms. The number of ether oxygens (including phenoxy) is 3. The summed E-state index contributed by atoms with van der Waals surface area (Å²) in [6.07, 6.45) is 0.341. The van der Waals surface area contributed by atoms with Crippen molar-refractivity contribution in [1.29, 1.82) is 0 Å². The Morgan fingerprint density at radius 2 is 1.60 bits per heavy atom. The van der Waals surface area contributed by atoms with Crippen LogP contribution in [0.2, 0.25) is 0 Å². The average molecular weight is 343 g/mol. The first kappa shape index (κ1) is 18.3. The summed E-state index contributed by atoms with van der Waals surface area (Å²) in [7, 11) is 2.81. The van der Waals surface area contributed by atoms with Crippen LogP contribution in [0.4, 0.5) is 0 Å². The van der Waals surface area contributed by atoms with Crippen LogP contribution in [0.5, 0.6) is 11.5 Å². The second-order valence-corrected chi connectivity index (χ2v) is 5.27. The Kier molecular flexibility index (Phi) is 6.83. The number of methoxy groups -OCH3 is 2. The SMILES string of the molecule is COC(=O)C(Cc1ccccc1)NC(=O)COc1ccccc1OC. The number of amides is 1. The normalized spacial score (nSPS) is 11.3. The van der Waals surface area contributed by atoms with E-state index in [1.165, 1.54) is 14.2 Å². The van der Waals surface area contributed by atoms with Gasteiger partial charge in [-0.1, -0.05) is 42.5 Å². The van der Waals surface area contributed by atoms with Crippen molar-refractivity contribution in [2.75, 3.05) is 20.8 Å². The lowest BCUT2D eigenvalue weighted by molar-refractivity contribution is -0.145. The summed E-state index contributed by atoms with van der Waals surface area (Å²) in [4.78, 5) is 24.1. The highest BCUT2D eigenvalue weighted by molar-refractivity contribution is 5.85. The predicted octanol–water partition coefficient (Wildman–Crippen LogP) is 1.97. The molecular weight excluding hydrogens is 322 g/mol. The van der Waals surface area contributed by atoms with Crippen molar-refractivity contribution >= 4 is 11.9 Å². The third-order valence-corrected chi connectivity index (χ3v) is 3.53. The van der Waals surface area contributed by atoms with Crippen molar-refractivity contribution < 1.29 is 23.8 Å². The summed E-state index contributed by atoms with van der Waals surface area (Å²) in [6, 6.07) is 15.6. The number of hydrogen-bond donors (Lipinski definition) is 1. The lowest BCUT2D eigenvalue weighted by Gasteiger charge is -2.17. The van der Waals surface area contributed by atoms with E-state index in [1.54, 1.807) is 24.3 Å². The Morgan fingerprint density at radius 3 is 2.24 bits per heavy atom. The van der Waals surface area contributed by atoms with Gasteiger partial charge in [-0.2, -0.15) is 0 Å². The monoisotopic (exact) mass is 343 g/mol. The van der Waals surface area contributed by atoms with Gasteiger partial charge >= 0.3 is 5.97 Å². The molecule has 132 valence electrons. The number of esters is 1. The van der Waals surface area contributed by atoms with Gasteiger partial charge in [-0.25, -0.2) is 4.79 Å². The molecule has 1 amide bonds. The Balaban J connectivity index is 1.96. The second-order valence-electron chi connectivity index (χ2n) is 5.27. The Hall–Kier alpha value is -3.02. The maximum absolute atomic E-state index is 12.2. The van der Waals surface area contributed by atoms with Crippen molar-refractivity contribution in [2.24, 2.45) is 0 Å². The molecule has 0 bridgehead atoms.